The van der Waals surface area contributed by atoms with Crippen LogP contribution in [0, 0.1) is 0 Å². The van der Waals surface area contributed by atoms with Crippen LogP contribution >= 0.6 is 23.4 Å². The van der Waals surface area contributed by atoms with Crippen molar-refractivity contribution in [1.82, 2.24) is 0 Å². The van der Waals surface area contributed by atoms with E-state index < -0.39 is 0 Å². The van der Waals surface area contributed by atoms with Gasteiger partial charge in [0.2, 0.25) is 5.75 Å². The van der Waals surface area contributed by atoms with Crippen molar-refractivity contribution in [3.05, 3.63) is 52.1 Å². The average molecular weight is 377 g/mol. The molecule has 130 valence electrons. The lowest BCUT2D eigenvalue weighted by Crippen LogP contribution is -2.12. The first-order chi connectivity index (χ1) is 12.1. The van der Waals surface area contributed by atoms with E-state index in [1.807, 2.05) is 24.3 Å². The molecule has 0 atom stereocenters. The summed E-state index contributed by atoms with van der Waals surface area (Å²) in [6, 6.07) is 9.04. The van der Waals surface area contributed by atoms with Gasteiger partial charge in [0.15, 0.2) is 17.3 Å². The smallest absolute Gasteiger partial charge is 0.203 e. The molecule has 0 bridgehead atoms. The predicted octanol–water partition coefficient (Wildman–Crippen LogP) is 4.74. The van der Waals surface area contributed by atoms with Crippen molar-refractivity contribution in [2.75, 3.05) is 27.1 Å². The number of carbonyl (C=O) groups excluding carboxylic acids is 1. The Balaban J connectivity index is 2.02. The molecule has 1 aliphatic heterocycles. The molecule has 0 unspecified atom stereocenters. The maximum absolute atomic E-state index is 12.8. The summed E-state index contributed by atoms with van der Waals surface area (Å²) >= 11 is 7.66. The quantitative estimate of drug-likeness (QED) is 0.721. The Kier molecular flexibility index (Phi) is 5.25. The molecule has 0 N–H and O–H groups in total. The lowest BCUT2D eigenvalue weighted by atomic mass is 10.0. The largest absolute Gasteiger partial charge is 0.493 e. The highest BCUT2D eigenvalue weighted by atomic mass is 35.5. The second-order valence-electron chi connectivity index (χ2n) is 5.39. The number of halogens is 1. The molecule has 0 fully saturated rings. The summed E-state index contributed by atoms with van der Waals surface area (Å²) in [7, 11) is 4.68. The van der Waals surface area contributed by atoms with Gasteiger partial charge in [-0.1, -0.05) is 11.6 Å². The van der Waals surface area contributed by atoms with Crippen LogP contribution in [0.4, 0.5) is 0 Å². The first kappa shape index (κ1) is 17.7. The van der Waals surface area contributed by atoms with Gasteiger partial charge in [-0.15, -0.1) is 11.8 Å². The highest BCUT2D eigenvalue weighted by Gasteiger charge is 2.23. The van der Waals surface area contributed by atoms with Crippen molar-refractivity contribution in [3.8, 4) is 17.2 Å². The lowest BCUT2D eigenvalue weighted by Gasteiger charge is -2.18. The van der Waals surface area contributed by atoms with E-state index in [9.17, 15) is 4.79 Å². The fourth-order valence-electron chi connectivity index (χ4n) is 2.69. The van der Waals surface area contributed by atoms with Crippen LogP contribution in [0.2, 0.25) is 5.02 Å². The molecule has 0 aliphatic carbocycles. The molecule has 0 amide bonds. The maximum atomic E-state index is 12.8. The van der Waals surface area contributed by atoms with Crippen LogP contribution in [0.5, 0.6) is 17.2 Å². The van der Waals surface area contributed by atoms with Gasteiger partial charge in [0.05, 0.1) is 21.3 Å². The summed E-state index contributed by atoms with van der Waals surface area (Å²) in [5.41, 5.74) is 2.15. The number of Topliss-reactive ketones (excluding diaryl/α,β-unsaturated/α-hetero) is 1. The second-order valence-corrected chi connectivity index (χ2v) is 6.84. The third-order valence-corrected chi connectivity index (χ3v) is 5.25. The van der Waals surface area contributed by atoms with Gasteiger partial charge >= 0.3 is 0 Å². The minimum Gasteiger partial charge on any atom is -0.493 e. The number of fused-ring (bicyclic) bond motifs is 1. The molecule has 0 aromatic heterocycles. The van der Waals surface area contributed by atoms with Crippen molar-refractivity contribution in [3.63, 3.8) is 0 Å². The number of methoxy groups -OCH3 is 3. The minimum atomic E-state index is -0.00926. The Morgan fingerprint density at radius 2 is 1.72 bits per heavy atom. The average Bonchev–Trinajstić information content (AvgIpc) is 2.63. The van der Waals surface area contributed by atoms with Crippen molar-refractivity contribution < 1.29 is 19.0 Å². The summed E-state index contributed by atoms with van der Waals surface area (Å²) < 4.78 is 16.1. The Bertz CT molecular complexity index is 835. The zero-order valence-corrected chi connectivity index (χ0v) is 15.7. The van der Waals surface area contributed by atoms with E-state index in [4.69, 9.17) is 25.8 Å². The van der Waals surface area contributed by atoms with Crippen LogP contribution in [-0.4, -0.2) is 32.9 Å². The minimum absolute atomic E-state index is 0.00926. The third-order valence-electron chi connectivity index (χ3n) is 3.89. The van der Waals surface area contributed by atoms with Crippen LogP contribution in [0.25, 0.3) is 6.08 Å². The van der Waals surface area contributed by atoms with E-state index in [2.05, 4.69) is 0 Å². The normalized spacial score (nSPS) is 15.0. The Morgan fingerprint density at radius 3 is 2.32 bits per heavy atom. The summed E-state index contributed by atoms with van der Waals surface area (Å²) in [6.07, 6.45) is 1.85. The fourth-order valence-corrected chi connectivity index (χ4v) is 3.86. The number of rotatable bonds is 4. The molecule has 0 spiro atoms. The Hall–Kier alpha value is -2.11. The Morgan fingerprint density at radius 1 is 1.04 bits per heavy atom. The molecule has 3 rings (SSSR count). The van der Waals surface area contributed by atoms with E-state index in [0.29, 0.717) is 39.2 Å². The first-order valence-electron chi connectivity index (χ1n) is 7.55. The lowest BCUT2D eigenvalue weighted by molar-refractivity contribution is 0.103. The van der Waals surface area contributed by atoms with E-state index in [1.54, 1.807) is 45.2 Å². The van der Waals surface area contributed by atoms with Crippen molar-refractivity contribution in [1.29, 1.82) is 0 Å². The molecule has 0 radical (unpaired) electrons. The van der Waals surface area contributed by atoms with E-state index >= 15 is 0 Å². The number of carbonyl (C=O) groups is 1. The Labute approximate surface area is 155 Å². The standard InChI is InChI=1S/C19H17ClO4S/c1-22-15-7-11(8-16(23-2)19(15)24-3)6-12-10-25-17-5-4-13(20)9-14(17)18(12)21/h4-9H,10H2,1-3H3. The molecule has 0 saturated heterocycles. The monoisotopic (exact) mass is 376 g/mol. The van der Waals surface area contributed by atoms with Crippen LogP contribution in [0.15, 0.2) is 40.8 Å². The number of hydrogen-bond acceptors (Lipinski definition) is 5. The first-order valence-corrected chi connectivity index (χ1v) is 8.91. The fraction of sp³-hybridized carbons (Fsp3) is 0.211. The zero-order valence-electron chi connectivity index (χ0n) is 14.1. The van der Waals surface area contributed by atoms with Crippen molar-refractivity contribution in [2.45, 2.75) is 4.90 Å². The number of ketones is 1. The molecule has 25 heavy (non-hydrogen) atoms. The van der Waals surface area contributed by atoms with Gasteiger partial charge in [0.1, 0.15) is 0 Å². The van der Waals surface area contributed by atoms with Gasteiger partial charge in [-0.05, 0) is 42.0 Å². The van der Waals surface area contributed by atoms with Gasteiger partial charge in [0.25, 0.3) is 0 Å². The molecule has 4 nitrogen and oxygen atoms in total. The van der Waals surface area contributed by atoms with Gasteiger partial charge < -0.3 is 14.2 Å². The number of ether oxygens (including phenoxy) is 3. The number of benzene rings is 2. The molecule has 0 saturated carbocycles. The molecular formula is C19H17ClO4S. The van der Waals surface area contributed by atoms with E-state index in [0.717, 1.165) is 10.5 Å². The number of thioether (sulfide) groups is 1. The highest BCUT2D eigenvalue weighted by Crippen LogP contribution is 2.40. The number of hydrogen-bond donors (Lipinski definition) is 0. The van der Waals surface area contributed by atoms with Crippen molar-refractivity contribution >= 4 is 35.2 Å². The van der Waals surface area contributed by atoms with Gasteiger partial charge in [-0.3, -0.25) is 4.79 Å². The third kappa shape index (κ3) is 3.48. The van der Waals surface area contributed by atoms with Crippen LogP contribution < -0.4 is 14.2 Å². The zero-order chi connectivity index (χ0) is 18.0. The summed E-state index contributed by atoms with van der Waals surface area (Å²) in [5, 5.41) is 0.557. The van der Waals surface area contributed by atoms with E-state index in [1.165, 1.54) is 0 Å². The van der Waals surface area contributed by atoms with E-state index in [-0.39, 0.29) is 5.78 Å². The van der Waals surface area contributed by atoms with Gasteiger partial charge in [-0.2, -0.15) is 0 Å². The maximum Gasteiger partial charge on any atom is 0.203 e. The second kappa shape index (κ2) is 7.42. The van der Waals surface area contributed by atoms with Crippen LogP contribution in [0.3, 0.4) is 0 Å². The van der Waals surface area contributed by atoms with Crippen molar-refractivity contribution in [2.24, 2.45) is 0 Å². The molecule has 1 aliphatic rings. The summed E-state index contributed by atoms with van der Waals surface area (Å²) in [6.45, 7) is 0. The van der Waals surface area contributed by atoms with Gasteiger partial charge in [-0.25, -0.2) is 0 Å². The molecule has 6 heteroatoms. The topological polar surface area (TPSA) is 44.8 Å². The molecule has 2 aromatic carbocycles. The van der Waals surface area contributed by atoms with Crippen LogP contribution in [0.1, 0.15) is 15.9 Å². The summed E-state index contributed by atoms with van der Waals surface area (Å²) in [4.78, 5) is 13.7. The molecule has 1 heterocycles. The van der Waals surface area contributed by atoms with Gasteiger partial charge in [0, 0.05) is 26.8 Å². The highest BCUT2D eigenvalue weighted by molar-refractivity contribution is 7.99. The molecular weight excluding hydrogens is 360 g/mol. The SMILES string of the molecule is COc1cc(C=C2CSc3ccc(Cl)cc3C2=O)cc(OC)c1OC. The summed E-state index contributed by atoms with van der Waals surface area (Å²) in [5.74, 6) is 2.21. The predicted molar refractivity (Wildman–Crippen MR) is 101 cm³/mol. The van der Waals surface area contributed by atoms with Crippen LogP contribution in [-0.2, 0) is 0 Å². The molecule has 2 aromatic rings.